The first-order valence-electron chi connectivity index (χ1n) is 5.95. The number of nitrogens with two attached hydrogens (primary N) is 1. The summed E-state index contributed by atoms with van der Waals surface area (Å²) >= 11 is 2.14. The average molecular weight is 214 g/mol. The van der Waals surface area contributed by atoms with Crippen molar-refractivity contribution in [3.05, 3.63) is 0 Å². The van der Waals surface area contributed by atoms with Gasteiger partial charge < -0.3 is 11.1 Å². The predicted molar refractivity (Wildman–Crippen MR) is 63.7 cm³/mol. The molecular formula is C11H22N2S. The Morgan fingerprint density at radius 2 is 1.93 bits per heavy atom. The quantitative estimate of drug-likeness (QED) is 0.751. The minimum absolute atomic E-state index is 0.480. The SMILES string of the molecule is NC1CCC(NCC2CCCS2)CC1. The van der Waals surface area contributed by atoms with Gasteiger partial charge in [-0.2, -0.15) is 11.8 Å². The maximum Gasteiger partial charge on any atom is 0.0172 e. The lowest BCUT2D eigenvalue weighted by molar-refractivity contribution is 0.343. The van der Waals surface area contributed by atoms with Gasteiger partial charge in [-0.25, -0.2) is 0 Å². The molecule has 82 valence electrons. The molecule has 3 N–H and O–H groups in total. The van der Waals surface area contributed by atoms with Gasteiger partial charge in [0.2, 0.25) is 0 Å². The van der Waals surface area contributed by atoms with E-state index in [9.17, 15) is 0 Å². The fourth-order valence-electron chi connectivity index (χ4n) is 2.43. The van der Waals surface area contributed by atoms with E-state index >= 15 is 0 Å². The average Bonchev–Trinajstić information content (AvgIpc) is 2.70. The molecule has 1 atom stereocenters. The molecule has 0 radical (unpaired) electrons. The zero-order valence-corrected chi connectivity index (χ0v) is 9.69. The Morgan fingerprint density at radius 3 is 2.57 bits per heavy atom. The molecule has 0 aromatic heterocycles. The summed E-state index contributed by atoms with van der Waals surface area (Å²) in [6.07, 6.45) is 7.86. The molecule has 0 aromatic rings. The van der Waals surface area contributed by atoms with Crippen molar-refractivity contribution in [1.29, 1.82) is 0 Å². The van der Waals surface area contributed by atoms with Gasteiger partial charge in [0.25, 0.3) is 0 Å². The van der Waals surface area contributed by atoms with Crippen LogP contribution in [0.3, 0.4) is 0 Å². The van der Waals surface area contributed by atoms with E-state index < -0.39 is 0 Å². The first-order chi connectivity index (χ1) is 6.84. The van der Waals surface area contributed by atoms with Gasteiger partial charge in [-0.1, -0.05) is 0 Å². The van der Waals surface area contributed by atoms with Crippen LogP contribution in [0, 0.1) is 0 Å². The largest absolute Gasteiger partial charge is 0.328 e. The van der Waals surface area contributed by atoms with E-state index in [2.05, 4.69) is 17.1 Å². The molecule has 1 heterocycles. The van der Waals surface area contributed by atoms with Crippen molar-refractivity contribution < 1.29 is 0 Å². The van der Waals surface area contributed by atoms with Gasteiger partial charge in [-0.15, -0.1) is 0 Å². The number of nitrogens with one attached hydrogen (secondary N) is 1. The molecule has 2 aliphatic rings. The van der Waals surface area contributed by atoms with Gasteiger partial charge in [0.05, 0.1) is 0 Å². The number of hydrogen-bond donors (Lipinski definition) is 2. The minimum atomic E-state index is 0.480. The molecule has 2 nitrogen and oxygen atoms in total. The fraction of sp³-hybridized carbons (Fsp3) is 1.00. The molecule has 0 amide bonds. The predicted octanol–water partition coefficient (Wildman–Crippen LogP) is 1.74. The molecule has 1 aliphatic heterocycles. The summed E-state index contributed by atoms with van der Waals surface area (Å²) in [6, 6.07) is 1.24. The van der Waals surface area contributed by atoms with Gasteiger partial charge >= 0.3 is 0 Å². The topological polar surface area (TPSA) is 38.0 Å². The van der Waals surface area contributed by atoms with Crippen molar-refractivity contribution in [3.8, 4) is 0 Å². The van der Waals surface area contributed by atoms with Crippen molar-refractivity contribution >= 4 is 11.8 Å². The summed E-state index contributed by atoms with van der Waals surface area (Å²) in [5.74, 6) is 1.38. The molecule has 0 bridgehead atoms. The third-order valence-corrected chi connectivity index (χ3v) is 4.83. The summed E-state index contributed by atoms with van der Waals surface area (Å²) in [5, 5.41) is 4.60. The first-order valence-corrected chi connectivity index (χ1v) is 7.00. The van der Waals surface area contributed by atoms with E-state index in [1.165, 1.54) is 50.8 Å². The number of hydrogen-bond acceptors (Lipinski definition) is 3. The Balaban J connectivity index is 1.60. The second-order valence-electron chi connectivity index (χ2n) is 4.65. The third-order valence-electron chi connectivity index (χ3n) is 3.43. The molecular weight excluding hydrogens is 192 g/mol. The lowest BCUT2D eigenvalue weighted by atomic mass is 9.92. The van der Waals surface area contributed by atoms with Crippen LogP contribution in [-0.4, -0.2) is 29.6 Å². The van der Waals surface area contributed by atoms with E-state index in [4.69, 9.17) is 5.73 Å². The molecule has 14 heavy (non-hydrogen) atoms. The molecule has 2 fully saturated rings. The highest BCUT2D eigenvalue weighted by atomic mass is 32.2. The Labute approximate surface area is 91.4 Å². The molecule has 2 rings (SSSR count). The van der Waals surface area contributed by atoms with Crippen LogP contribution in [0.2, 0.25) is 0 Å². The second kappa shape index (κ2) is 5.38. The third kappa shape index (κ3) is 3.14. The monoisotopic (exact) mass is 214 g/mol. The fourth-order valence-corrected chi connectivity index (χ4v) is 3.64. The Bertz CT molecular complexity index is 161. The van der Waals surface area contributed by atoms with Crippen LogP contribution in [0.4, 0.5) is 0 Å². The van der Waals surface area contributed by atoms with E-state index in [0.717, 1.165) is 11.3 Å². The van der Waals surface area contributed by atoms with Crippen molar-refractivity contribution in [2.24, 2.45) is 5.73 Å². The molecule has 3 heteroatoms. The Hall–Kier alpha value is 0.270. The van der Waals surface area contributed by atoms with Crippen LogP contribution < -0.4 is 11.1 Å². The van der Waals surface area contributed by atoms with Crippen molar-refractivity contribution in [1.82, 2.24) is 5.32 Å². The van der Waals surface area contributed by atoms with Crippen LogP contribution in [0.1, 0.15) is 38.5 Å². The zero-order chi connectivity index (χ0) is 9.80. The number of thioether (sulfide) groups is 1. The van der Waals surface area contributed by atoms with Crippen molar-refractivity contribution in [2.45, 2.75) is 55.9 Å². The first kappa shape index (κ1) is 10.8. The maximum absolute atomic E-state index is 5.88. The molecule has 1 unspecified atom stereocenters. The van der Waals surface area contributed by atoms with Gasteiger partial charge in [0.1, 0.15) is 0 Å². The van der Waals surface area contributed by atoms with E-state index in [-0.39, 0.29) is 0 Å². The Kier molecular flexibility index (Phi) is 4.14. The van der Waals surface area contributed by atoms with Crippen molar-refractivity contribution in [3.63, 3.8) is 0 Å². The minimum Gasteiger partial charge on any atom is -0.328 e. The summed E-state index contributed by atoms with van der Waals surface area (Å²) in [4.78, 5) is 0. The Morgan fingerprint density at radius 1 is 1.14 bits per heavy atom. The lowest BCUT2D eigenvalue weighted by Crippen LogP contribution is -2.39. The van der Waals surface area contributed by atoms with Gasteiger partial charge in [-0.3, -0.25) is 0 Å². The van der Waals surface area contributed by atoms with Crippen LogP contribution >= 0.6 is 11.8 Å². The highest BCUT2D eigenvalue weighted by Crippen LogP contribution is 2.26. The van der Waals surface area contributed by atoms with Crippen LogP contribution in [-0.2, 0) is 0 Å². The standard InChI is InChI=1S/C11H22N2S/c12-9-3-5-10(6-4-9)13-8-11-2-1-7-14-11/h9-11,13H,1-8,12H2. The van der Waals surface area contributed by atoms with E-state index in [0.29, 0.717) is 6.04 Å². The van der Waals surface area contributed by atoms with E-state index in [1.54, 1.807) is 0 Å². The molecule has 1 aliphatic carbocycles. The van der Waals surface area contributed by atoms with Crippen LogP contribution in [0.25, 0.3) is 0 Å². The number of rotatable bonds is 3. The second-order valence-corrected chi connectivity index (χ2v) is 6.06. The highest BCUT2D eigenvalue weighted by molar-refractivity contribution is 8.00. The normalized spacial score (nSPS) is 38.8. The van der Waals surface area contributed by atoms with Gasteiger partial charge in [0.15, 0.2) is 0 Å². The summed E-state index contributed by atoms with van der Waals surface area (Å²) in [5.41, 5.74) is 5.88. The van der Waals surface area contributed by atoms with Crippen LogP contribution in [0.5, 0.6) is 0 Å². The lowest BCUT2D eigenvalue weighted by Gasteiger charge is -2.27. The summed E-state index contributed by atoms with van der Waals surface area (Å²) in [7, 11) is 0. The van der Waals surface area contributed by atoms with Gasteiger partial charge in [0, 0.05) is 23.9 Å². The van der Waals surface area contributed by atoms with E-state index in [1.807, 2.05) is 0 Å². The zero-order valence-electron chi connectivity index (χ0n) is 8.87. The smallest absolute Gasteiger partial charge is 0.0172 e. The van der Waals surface area contributed by atoms with Gasteiger partial charge in [-0.05, 0) is 44.3 Å². The van der Waals surface area contributed by atoms with Crippen molar-refractivity contribution in [2.75, 3.05) is 12.3 Å². The molecule has 1 saturated carbocycles. The van der Waals surface area contributed by atoms with Crippen LogP contribution in [0.15, 0.2) is 0 Å². The molecule has 0 spiro atoms. The molecule has 0 aromatic carbocycles. The molecule has 1 saturated heterocycles. The maximum atomic E-state index is 5.88. The summed E-state index contributed by atoms with van der Waals surface area (Å²) < 4.78 is 0. The summed E-state index contributed by atoms with van der Waals surface area (Å²) in [6.45, 7) is 1.23. The highest BCUT2D eigenvalue weighted by Gasteiger charge is 2.20.